The maximum atomic E-state index is 11.9. The summed E-state index contributed by atoms with van der Waals surface area (Å²) in [5.74, 6) is 0.377. The van der Waals surface area contributed by atoms with Crippen molar-refractivity contribution in [2.24, 2.45) is 0 Å². The molecular weight excluding hydrogens is 218 g/mol. The van der Waals surface area contributed by atoms with E-state index in [1.807, 2.05) is 13.0 Å². The Morgan fingerprint density at radius 3 is 3.12 bits per heavy atom. The van der Waals surface area contributed by atoms with Crippen LogP contribution in [0.2, 0.25) is 0 Å². The third kappa shape index (κ3) is 2.75. The summed E-state index contributed by atoms with van der Waals surface area (Å²) in [6.07, 6.45) is 7.50. The van der Waals surface area contributed by atoms with Gasteiger partial charge in [-0.15, -0.1) is 0 Å². The standard InChI is InChI=1S/C12H15N3O2/c1-2-5-15-6-4-13-11(12(15)16)14-8-10-3-7-17-9-10/h3-4,6-7,9H,2,5,8H2,1H3,(H,13,14). The molecule has 0 spiro atoms. The lowest BCUT2D eigenvalue weighted by molar-refractivity contribution is 0.564. The van der Waals surface area contributed by atoms with Gasteiger partial charge in [0.15, 0.2) is 5.82 Å². The van der Waals surface area contributed by atoms with E-state index in [1.54, 1.807) is 29.5 Å². The smallest absolute Gasteiger partial charge is 0.293 e. The molecule has 0 aromatic carbocycles. The normalized spacial score (nSPS) is 10.4. The maximum absolute atomic E-state index is 11.9. The van der Waals surface area contributed by atoms with E-state index < -0.39 is 0 Å². The first-order chi connectivity index (χ1) is 8.31. The molecule has 0 atom stereocenters. The Balaban J connectivity index is 2.10. The highest BCUT2D eigenvalue weighted by atomic mass is 16.3. The minimum Gasteiger partial charge on any atom is -0.472 e. The molecule has 0 aliphatic carbocycles. The van der Waals surface area contributed by atoms with Crippen LogP contribution in [0, 0.1) is 0 Å². The number of nitrogens with zero attached hydrogens (tertiary/aromatic N) is 2. The van der Waals surface area contributed by atoms with Crippen molar-refractivity contribution >= 4 is 5.82 Å². The minimum atomic E-state index is -0.0853. The lowest BCUT2D eigenvalue weighted by Gasteiger charge is -2.07. The Morgan fingerprint density at radius 1 is 1.53 bits per heavy atom. The fraction of sp³-hybridized carbons (Fsp3) is 0.333. The van der Waals surface area contributed by atoms with Crippen molar-refractivity contribution in [1.29, 1.82) is 0 Å². The van der Waals surface area contributed by atoms with Crippen LogP contribution in [0.5, 0.6) is 0 Å². The number of aromatic nitrogens is 2. The first-order valence-corrected chi connectivity index (χ1v) is 5.61. The molecule has 0 bridgehead atoms. The Labute approximate surface area is 99.1 Å². The summed E-state index contributed by atoms with van der Waals surface area (Å²) in [6.45, 7) is 3.28. The third-order valence-electron chi connectivity index (χ3n) is 2.42. The summed E-state index contributed by atoms with van der Waals surface area (Å²) < 4.78 is 6.61. The fourth-order valence-electron chi connectivity index (χ4n) is 1.56. The van der Waals surface area contributed by atoms with E-state index in [9.17, 15) is 4.79 Å². The number of furan rings is 1. The van der Waals surface area contributed by atoms with Crippen LogP contribution in [0.1, 0.15) is 18.9 Å². The monoisotopic (exact) mass is 233 g/mol. The van der Waals surface area contributed by atoms with Gasteiger partial charge in [-0.05, 0) is 12.5 Å². The van der Waals surface area contributed by atoms with Crippen LogP contribution in [-0.4, -0.2) is 9.55 Å². The van der Waals surface area contributed by atoms with Crippen molar-refractivity contribution in [3.63, 3.8) is 0 Å². The Morgan fingerprint density at radius 2 is 2.41 bits per heavy atom. The number of aryl methyl sites for hydroxylation is 1. The Kier molecular flexibility index (Phi) is 3.59. The van der Waals surface area contributed by atoms with Gasteiger partial charge in [-0.1, -0.05) is 6.92 Å². The average molecular weight is 233 g/mol. The third-order valence-corrected chi connectivity index (χ3v) is 2.42. The Bertz CT molecular complexity index is 517. The maximum Gasteiger partial charge on any atom is 0.293 e. The van der Waals surface area contributed by atoms with E-state index >= 15 is 0 Å². The van der Waals surface area contributed by atoms with Crippen LogP contribution in [0.25, 0.3) is 0 Å². The molecule has 0 amide bonds. The summed E-state index contributed by atoms with van der Waals surface area (Å²) >= 11 is 0. The van der Waals surface area contributed by atoms with Crippen molar-refractivity contribution in [1.82, 2.24) is 9.55 Å². The number of nitrogens with one attached hydrogen (secondary N) is 1. The van der Waals surface area contributed by atoms with E-state index in [0.29, 0.717) is 18.9 Å². The topological polar surface area (TPSA) is 60.1 Å². The molecule has 0 aliphatic heterocycles. The molecule has 0 radical (unpaired) electrons. The Hall–Kier alpha value is -2.04. The summed E-state index contributed by atoms with van der Waals surface area (Å²) in [7, 11) is 0. The van der Waals surface area contributed by atoms with Crippen LogP contribution < -0.4 is 10.9 Å². The molecule has 2 heterocycles. The SMILES string of the molecule is CCCn1ccnc(NCc2ccoc2)c1=O. The van der Waals surface area contributed by atoms with Crippen molar-refractivity contribution in [3.05, 3.63) is 46.9 Å². The van der Waals surface area contributed by atoms with Gasteiger partial charge in [0, 0.05) is 31.0 Å². The summed E-state index contributed by atoms with van der Waals surface area (Å²) in [5.41, 5.74) is 0.898. The molecule has 2 aromatic heterocycles. The second-order valence-electron chi connectivity index (χ2n) is 3.76. The highest BCUT2D eigenvalue weighted by molar-refractivity contribution is 5.32. The first-order valence-electron chi connectivity index (χ1n) is 5.61. The van der Waals surface area contributed by atoms with E-state index in [2.05, 4.69) is 10.3 Å². The zero-order valence-corrected chi connectivity index (χ0v) is 9.72. The molecule has 1 N–H and O–H groups in total. The predicted molar refractivity (Wildman–Crippen MR) is 64.8 cm³/mol. The highest BCUT2D eigenvalue weighted by Gasteiger charge is 2.04. The van der Waals surface area contributed by atoms with Gasteiger partial charge in [0.1, 0.15) is 0 Å². The number of hydrogen-bond acceptors (Lipinski definition) is 4. The molecule has 5 nitrogen and oxygen atoms in total. The molecule has 5 heteroatoms. The van der Waals surface area contributed by atoms with E-state index in [1.165, 1.54) is 0 Å². The fourth-order valence-corrected chi connectivity index (χ4v) is 1.56. The van der Waals surface area contributed by atoms with Crippen LogP contribution in [-0.2, 0) is 13.1 Å². The van der Waals surface area contributed by atoms with Crippen LogP contribution in [0.4, 0.5) is 5.82 Å². The predicted octanol–water partition coefficient (Wildman–Crippen LogP) is 1.86. The second-order valence-corrected chi connectivity index (χ2v) is 3.76. The minimum absolute atomic E-state index is 0.0853. The summed E-state index contributed by atoms with van der Waals surface area (Å²) in [6, 6.07) is 1.85. The van der Waals surface area contributed by atoms with Gasteiger partial charge < -0.3 is 14.3 Å². The van der Waals surface area contributed by atoms with Gasteiger partial charge >= 0.3 is 0 Å². The number of hydrogen-bond donors (Lipinski definition) is 1. The van der Waals surface area contributed by atoms with Crippen molar-refractivity contribution in [3.8, 4) is 0 Å². The lowest BCUT2D eigenvalue weighted by Crippen LogP contribution is -2.24. The molecule has 0 saturated heterocycles. The molecule has 0 saturated carbocycles. The molecule has 2 aromatic rings. The van der Waals surface area contributed by atoms with Crippen molar-refractivity contribution < 1.29 is 4.42 Å². The lowest BCUT2D eigenvalue weighted by atomic mass is 10.3. The zero-order chi connectivity index (χ0) is 12.1. The average Bonchev–Trinajstić information content (AvgIpc) is 2.83. The molecule has 0 aliphatic rings. The molecule has 0 unspecified atom stereocenters. The van der Waals surface area contributed by atoms with Gasteiger partial charge in [0.2, 0.25) is 0 Å². The molecule has 17 heavy (non-hydrogen) atoms. The van der Waals surface area contributed by atoms with Gasteiger partial charge in [0.25, 0.3) is 5.56 Å². The van der Waals surface area contributed by atoms with Crippen molar-refractivity contribution in [2.75, 3.05) is 5.32 Å². The van der Waals surface area contributed by atoms with Crippen molar-refractivity contribution in [2.45, 2.75) is 26.4 Å². The van der Waals surface area contributed by atoms with Gasteiger partial charge in [-0.3, -0.25) is 4.79 Å². The quantitative estimate of drug-likeness (QED) is 0.856. The first kappa shape index (κ1) is 11.4. The molecule has 2 rings (SSSR count). The highest BCUT2D eigenvalue weighted by Crippen LogP contribution is 2.02. The summed E-state index contributed by atoms with van der Waals surface area (Å²) in [5, 5.41) is 3.01. The number of rotatable bonds is 5. The van der Waals surface area contributed by atoms with Crippen LogP contribution >= 0.6 is 0 Å². The molecule has 90 valence electrons. The number of anilines is 1. The summed E-state index contributed by atoms with van der Waals surface area (Å²) in [4.78, 5) is 16.0. The van der Waals surface area contributed by atoms with Crippen LogP contribution in [0.15, 0.2) is 40.2 Å². The van der Waals surface area contributed by atoms with E-state index in [-0.39, 0.29) is 5.56 Å². The van der Waals surface area contributed by atoms with Gasteiger partial charge in [0.05, 0.1) is 12.5 Å². The zero-order valence-electron chi connectivity index (χ0n) is 9.72. The van der Waals surface area contributed by atoms with E-state index in [0.717, 1.165) is 12.0 Å². The van der Waals surface area contributed by atoms with Gasteiger partial charge in [-0.2, -0.15) is 0 Å². The molecule has 0 fully saturated rings. The second kappa shape index (κ2) is 5.34. The van der Waals surface area contributed by atoms with E-state index in [4.69, 9.17) is 4.42 Å². The van der Waals surface area contributed by atoms with Crippen LogP contribution in [0.3, 0.4) is 0 Å². The largest absolute Gasteiger partial charge is 0.472 e. The van der Waals surface area contributed by atoms with Gasteiger partial charge in [-0.25, -0.2) is 4.98 Å². The molecular formula is C12H15N3O2.